The Morgan fingerprint density at radius 3 is 2.73 bits per heavy atom. The van der Waals surface area contributed by atoms with Crippen molar-refractivity contribution in [3.63, 3.8) is 0 Å². The van der Waals surface area contributed by atoms with Gasteiger partial charge in [0.2, 0.25) is 15.9 Å². The third-order valence-corrected chi connectivity index (χ3v) is 8.97. The van der Waals surface area contributed by atoms with Crippen LogP contribution in [0.2, 0.25) is 0 Å². The molecule has 7 nitrogen and oxygen atoms in total. The summed E-state index contributed by atoms with van der Waals surface area (Å²) in [6.07, 6.45) is 3.10. The molecule has 1 aromatic heterocycles. The molecule has 9 heteroatoms. The normalized spacial score (nSPS) is 21.3. The second-order valence-electron chi connectivity index (χ2n) is 8.02. The number of anilines is 1. The van der Waals surface area contributed by atoms with E-state index in [4.69, 9.17) is 4.42 Å². The molecule has 0 bridgehead atoms. The van der Waals surface area contributed by atoms with Crippen LogP contribution in [-0.2, 0) is 21.4 Å². The van der Waals surface area contributed by atoms with Crippen molar-refractivity contribution in [2.75, 3.05) is 31.2 Å². The monoisotopic (exact) mass is 449 g/mol. The lowest BCUT2D eigenvalue weighted by Gasteiger charge is -2.36. The number of fused-ring (bicyclic) bond motifs is 1. The van der Waals surface area contributed by atoms with E-state index in [2.05, 4.69) is 17.3 Å². The van der Waals surface area contributed by atoms with Gasteiger partial charge in [-0.25, -0.2) is 8.42 Å². The first-order valence-corrected chi connectivity index (χ1v) is 12.6. The van der Waals surface area contributed by atoms with E-state index in [1.54, 1.807) is 52.7 Å². The highest BCUT2D eigenvalue weighted by molar-refractivity contribution is 7.99. The number of thioether (sulfide) groups is 1. The quantitative estimate of drug-likeness (QED) is 0.755. The van der Waals surface area contributed by atoms with Gasteiger partial charge in [0.1, 0.15) is 5.76 Å². The first-order valence-electron chi connectivity index (χ1n) is 10.1. The molecular weight excluding hydrogens is 422 g/mol. The number of carbonyl (C=O) groups is 1. The Kier molecular flexibility index (Phi) is 6.24. The van der Waals surface area contributed by atoms with E-state index in [-0.39, 0.29) is 29.3 Å². The second kappa shape index (κ2) is 8.74. The summed E-state index contributed by atoms with van der Waals surface area (Å²) in [5, 5.41) is 2.89. The maximum atomic E-state index is 13.7. The van der Waals surface area contributed by atoms with Gasteiger partial charge in [0, 0.05) is 22.6 Å². The highest BCUT2D eigenvalue weighted by Crippen LogP contribution is 2.35. The highest BCUT2D eigenvalue weighted by atomic mass is 32.2. The molecule has 30 heavy (non-hydrogen) atoms. The first kappa shape index (κ1) is 21.4. The summed E-state index contributed by atoms with van der Waals surface area (Å²) >= 11 is 1.57. The van der Waals surface area contributed by atoms with Crippen LogP contribution in [0.3, 0.4) is 0 Å². The number of carbonyl (C=O) groups excluding carboxylic acids is 1. The molecule has 0 aliphatic carbocycles. The van der Waals surface area contributed by atoms with E-state index >= 15 is 0 Å². The Bertz CT molecular complexity index is 999. The minimum atomic E-state index is -3.78. The molecule has 0 saturated carbocycles. The number of likely N-dealkylation sites (tertiary alicyclic amines) is 1. The zero-order valence-electron chi connectivity index (χ0n) is 17.2. The summed E-state index contributed by atoms with van der Waals surface area (Å²) in [4.78, 5) is 15.6. The molecule has 2 aliphatic rings. The smallest absolute Gasteiger partial charge is 0.243 e. The minimum Gasteiger partial charge on any atom is -0.468 e. The molecule has 1 atom stereocenters. The number of nitrogens with zero attached hydrogens (tertiary/aromatic N) is 2. The maximum Gasteiger partial charge on any atom is 0.243 e. The van der Waals surface area contributed by atoms with E-state index in [1.165, 1.54) is 0 Å². The van der Waals surface area contributed by atoms with Gasteiger partial charge in [-0.15, -0.1) is 11.8 Å². The van der Waals surface area contributed by atoms with Crippen LogP contribution in [0.15, 0.2) is 50.8 Å². The second-order valence-corrected chi connectivity index (χ2v) is 11.0. The summed E-state index contributed by atoms with van der Waals surface area (Å²) in [6.45, 7) is 3.77. The molecule has 1 N–H and O–H groups in total. The molecular formula is C21H27N3O4S2. The number of rotatable bonds is 5. The molecule has 0 unspecified atom stereocenters. The third kappa shape index (κ3) is 4.44. The molecule has 3 heterocycles. The summed E-state index contributed by atoms with van der Waals surface area (Å²) in [5.41, 5.74) is 0.566. The Morgan fingerprint density at radius 1 is 1.27 bits per heavy atom. The van der Waals surface area contributed by atoms with Crippen molar-refractivity contribution in [3.8, 4) is 0 Å². The van der Waals surface area contributed by atoms with Crippen LogP contribution < -0.4 is 5.32 Å². The molecule has 1 aromatic carbocycles. The SMILES string of the molecule is C[C@H]1CSc2ccc(S(=O)(=O)N(Cc3ccco3)C3CCN(C)CC3)cc2NC1=O. The largest absolute Gasteiger partial charge is 0.468 e. The van der Waals surface area contributed by atoms with Crippen LogP contribution in [0.5, 0.6) is 0 Å². The number of furan rings is 1. The van der Waals surface area contributed by atoms with Gasteiger partial charge in [0.15, 0.2) is 0 Å². The van der Waals surface area contributed by atoms with Crippen molar-refractivity contribution >= 4 is 33.4 Å². The molecule has 1 amide bonds. The lowest BCUT2D eigenvalue weighted by molar-refractivity contribution is -0.118. The first-order chi connectivity index (χ1) is 14.3. The lowest BCUT2D eigenvalue weighted by Crippen LogP contribution is -2.46. The van der Waals surface area contributed by atoms with E-state index in [9.17, 15) is 13.2 Å². The van der Waals surface area contributed by atoms with Gasteiger partial charge >= 0.3 is 0 Å². The summed E-state index contributed by atoms with van der Waals surface area (Å²) in [5.74, 6) is 1.08. The maximum absolute atomic E-state index is 13.7. The Balaban J connectivity index is 1.67. The van der Waals surface area contributed by atoms with Crippen LogP contribution in [0, 0.1) is 5.92 Å². The van der Waals surface area contributed by atoms with Gasteiger partial charge in [0.25, 0.3) is 0 Å². The average Bonchev–Trinajstić information content (AvgIpc) is 3.20. The number of hydrogen-bond donors (Lipinski definition) is 1. The van der Waals surface area contributed by atoms with Crippen molar-refractivity contribution in [1.82, 2.24) is 9.21 Å². The van der Waals surface area contributed by atoms with Crippen molar-refractivity contribution in [2.45, 2.75) is 42.1 Å². The molecule has 1 saturated heterocycles. The van der Waals surface area contributed by atoms with Crippen molar-refractivity contribution in [1.29, 1.82) is 0 Å². The van der Waals surface area contributed by atoms with Crippen LogP contribution in [-0.4, -0.2) is 55.5 Å². The Labute approximate surface area is 181 Å². The fraction of sp³-hybridized carbons (Fsp3) is 0.476. The molecule has 4 rings (SSSR count). The van der Waals surface area contributed by atoms with Gasteiger partial charge in [-0.2, -0.15) is 4.31 Å². The Hall–Kier alpha value is -1.81. The van der Waals surface area contributed by atoms with Crippen LogP contribution in [0.25, 0.3) is 0 Å². The van der Waals surface area contributed by atoms with Gasteiger partial charge in [-0.3, -0.25) is 4.79 Å². The molecule has 2 aromatic rings. The predicted molar refractivity (Wildman–Crippen MR) is 117 cm³/mol. The molecule has 162 valence electrons. The van der Waals surface area contributed by atoms with Crippen LogP contribution in [0.1, 0.15) is 25.5 Å². The van der Waals surface area contributed by atoms with Gasteiger partial charge in [-0.05, 0) is 63.3 Å². The van der Waals surface area contributed by atoms with Gasteiger partial charge in [0.05, 0.1) is 23.4 Å². The standard InChI is InChI=1S/C21H27N3O4S2/c1-15-14-29-20-6-5-18(12-19(20)22-21(15)25)30(26,27)24(13-17-4-3-11-28-17)16-7-9-23(2)10-8-16/h3-6,11-12,15-16H,7-10,13-14H2,1-2H3,(H,22,25)/t15-/m0/s1. The van der Waals surface area contributed by atoms with E-state index in [0.717, 1.165) is 30.8 Å². The minimum absolute atomic E-state index is 0.0847. The van der Waals surface area contributed by atoms with E-state index < -0.39 is 10.0 Å². The van der Waals surface area contributed by atoms with Crippen molar-refractivity contribution in [2.24, 2.45) is 5.92 Å². The summed E-state index contributed by atoms with van der Waals surface area (Å²) in [7, 11) is -1.73. The molecule has 2 aliphatic heterocycles. The van der Waals surface area contributed by atoms with Crippen LogP contribution >= 0.6 is 11.8 Å². The highest BCUT2D eigenvalue weighted by Gasteiger charge is 2.34. The van der Waals surface area contributed by atoms with E-state index in [0.29, 0.717) is 17.2 Å². The Morgan fingerprint density at radius 2 is 2.03 bits per heavy atom. The van der Waals surface area contributed by atoms with Crippen molar-refractivity contribution in [3.05, 3.63) is 42.4 Å². The number of piperidine rings is 1. The average molecular weight is 450 g/mol. The zero-order chi connectivity index (χ0) is 21.3. The molecule has 0 spiro atoms. The molecule has 0 radical (unpaired) electrons. The van der Waals surface area contributed by atoms with Crippen molar-refractivity contribution < 1.29 is 17.6 Å². The summed E-state index contributed by atoms with van der Waals surface area (Å²) in [6, 6.07) is 8.51. The van der Waals surface area contributed by atoms with Crippen LogP contribution in [0.4, 0.5) is 5.69 Å². The number of sulfonamides is 1. The van der Waals surface area contributed by atoms with Gasteiger partial charge in [-0.1, -0.05) is 6.92 Å². The molecule has 1 fully saturated rings. The predicted octanol–water partition coefficient (Wildman–Crippen LogP) is 3.25. The fourth-order valence-electron chi connectivity index (χ4n) is 3.82. The summed E-state index contributed by atoms with van der Waals surface area (Å²) < 4.78 is 34.4. The topological polar surface area (TPSA) is 82.9 Å². The lowest BCUT2D eigenvalue weighted by atomic mass is 10.1. The van der Waals surface area contributed by atoms with Gasteiger partial charge < -0.3 is 14.6 Å². The number of amides is 1. The fourth-order valence-corrected chi connectivity index (χ4v) is 6.51. The number of hydrogen-bond acceptors (Lipinski definition) is 6. The van der Waals surface area contributed by atoms with E-state index in [1.807, 2.05) is 6.92 Å². The zero-order valence-corrected chi connectivity index (χ0v) is 18.8. The number of nitrogens with one attached hydrogen (secondary N) is 1. The third-order valence-electron chi connectivity index (χ3n) is 5.74. The number of benzene rings is 1.